The van der Waals surface area contributed by atoms with Gasteiger partial charge in [0.05, 0.1) is 23.4 Å². The van der Waals surface area contributed by atoms with Gasteiger partial charge in [0.25, 0.3) is 11.8 Å². The minimum Gasteiger partial charge on any atom is -0.467 e. The van der Waals surface area contributed by atoms with Gasteiger partial charge in [-0.1, -0.05) is 37.5 Å². The standard InChI is InChI=1S/C25H26FN3O4S/c26-18-10-4-5-11-19(18)29(22(30)16-27-24(31)21-13-7-15-34-21)23(20-12-6-14-33-20)25(32)28-17-8-2-1-3-9-17/h4-7,10-15,17,23H,1-3,8-9,16H2,(H,27,31)(H,28,32)/t23-/m0/s1. The van der Waals surface area contributed by atoms with Crippen molar-refractivity contribution in [1.82, 2.24) is 10.6 Å². The van der Waals surface area contributed by atoms with E-state index < -0.39 is 36.1 Å². The number of benzene rings is 1. The number of halogens is 1. The Kier molecular flexibility index (Phi) is 7.74. The fraction of sp³-hybridized carbons (Fsp3) is 0.320. The molecule has 1 fully saturated rings. The van der Waals surface area contributed by atoms with Crippen molar-refractivity contribution < 1.29 is 23.2 Å². The Morgan fingerprint density at radius 2 is 1.85 bits per heavy atom. The molecule has 3 amide bonds. The molecule has 7 nitrogen and oxygen atoms in total. The Morgan fingerprint density at radius 1 is 1.06 bits per heavy atom. The molecule has 2 heterocycles. The maximum Gasteiger partial charge on any atom is 0.261 e. The average Bonchev–Trinajstić information content (AvgIpc) is 3.57. The minimum atomic E-state index is -1.24. The molecule has 2 aromatic heterocycles. The lowest BCUT2D eigenvalue weighted by Gasteiger charge is -2.32. The number of rotatable bonds is 8. The van der Waals surface area contributed by atoms with E-state index in [1.54, 1.807) is 35.7 Å². The van der Waals surface area contributed by atoms with E-state index in [1.165, 1.54) is 35.8 Å². The molecule has 0 bridgehead atoms. The number of hydrogen-bond acceptors (Lipinski definition) is 5. The molecule has 1 atom stereocenters. The number of amides is 3. The molecule has 9 heteroatoms. The summed E-state index contributed by atoms with van der Waals surface area (Å²) in [6, 6.07) is 11.0. The Labute approximate surface area is 200 Å². The summed E-state index contributed by atoms with van der Waals surface area (Å²) in [7, 11) is 0. The fourth-order valence-corrected chi connectivity index (χ4v) is 4.79. The van der Waals surface area contributed by atoms with Gasteiger partial charge < -0.3 is 15.1 Å². The molecule has 1 aromatic carbocycles. The summed E-state index contributed by atoms with van der Waals surface area (Å²) in [6.45, 7) is -0.418. The summed E-state index contributed by atoms with van der Waals surface area (Å²) in [6.07, 6.45) is 6.25. The molecule has 0 unspecified atom stereocenters. The van der Waals surface area contributed by atoms with Crippen LogP contribution >= 0.6 is 11.3 Å². The van der Waals surface area contributed by atoms with E-state index in [-0.39, 0.29) is 17.5 Å². The first-order chi connectivity index (χ1) is 16.5. The maximum absolute atomic E-state index is 14.9. The van der Waals surface area contributed by atoms with Crippen molar-refractivity contribution in [3.63, 3.8) is 0 Å². The second kappa shape index (κ2) is 11.1. The lowest BCUT2D eigenvalue weighted by molar-refractivity contribution is -0.127. The molecule has 2 N–H and O–H groups in total. The Bertz CT molecular complexity index is 1110. The highest BCUT2D eigenvalue weighted by Crippen LogP contribution is 2.31. The molecule has 1 aliphatic rings. The zero-order chi connectivity index (χ0) is 23.9. The largest absolute Gasteiger partial charge is 0.467 e. The van der Waals surface area contributed by atoms with Crippen LogP contribution in [0.5, 0.6) is 0 Å². The first-order valence-electron chi connectivity index (χ1n) is 11.3. The van der Waals surface area contributed by atoms with E-state index in [1.807, 2.05) is 0 Å². The van der Waals surface area contributed by atoms with Crippen LogP contribution in [-0.2, 0) is 9.59 Å². The molecular formula is C25H26FN3O4S. The van der Waals surface area contributed by atoms with Crippen molar-refractivity contribution in [2.45, 2.75) is 44.2 Å². The van der Waals surface area contributed by atoms with E-state index in [0.29, 0.717) is 4.88 Å². The van der Waals surface area contributed by atoms with Crippen molar-refractivity contribution in [2.24, 2.45) is 0 Å². The molecule has 4 rings (SSSR count). The number of carbonyl (C=O) groups excluding carboxylic acids is 3. The third-order valence-corrected chi connectivity index (χ3v) is 6.67. The Balaban J connectivity index is 1.64. The van der Waals surface area contributed by atoms with Gasteiger partial charge in [-0.2, -0.15) is 0 Å². The number of para-hydroxylation sites is 1. The van der Waals surface area contributed by atoms with Crippen molar-refractivity contribution in [1.29, 1.82) is 0 Å². The number of nitrogens with one attached hydrogen (secondary N) is 2. The van der Waals surface area contributed by atoms with Crippen molar-refractivity contribution in [3.8, 4) is 0 Å². The average molecular weight is 484 g/mol. The quantitative estimate of drug-likeness (QED) is 0.496. The summed E-state index contributed by atoms with van der Waals surface area (Å²) in [4.78, 5) is 40.8. The molecular weight excluding hydrogens is 457 g/mol. The Morgan fingerprint density at radius 3 is 2.53 bits per heavy atom. The molecule has 3 aromatic rings. The number of hydrogen-bond donors (Lipinski definition) is 2. The maximum atomic E-state index is 14.9. The molecule has 178 valence electrons. The monoisotopic (exact) mass is 483 g/mol. The highest BCUT2D eigenvalue weighted by Gasteiger charge is 2.37. The summed E-state index contributed by atoms with van der Waals surface area (Å²) in [5, 5.41) is 7.34. The Hall–Kier alpha value is -3.46. The molecule has 1 aliphatic carbocycles. The highest BCUT2D eigenvalue weighted by atomic mass is 32.1. The van der Waals surface area contributed by atoms with Crippen molar-refractivity contribution in [3.05, 3.63) is 76.6 Å². The van der Waals surface area contributed by atoms with Crippen LogP contribution in [0.25, 0.3) is 0 Å². The third-order valence-electron chi connectivity index (χ3n) is 5.80. The van der Waals surface area contributed by atoms with Crippen LogP contribution in [0, 0.1) is 5.82 Å². The summed E-state index contributed by atoms with van der Waals surface area (Å²) in [5.74, 6) is -1.98. The molecule has 0 saturated heterocycles. The second-order valence-corrected chi connectivity index (χ2v) is 9.08. The number of furan rings is 1. The van der Waals surface area contributed by atoms with Gasteiger partial charge in [0.2, 0.25) is 5.91 Å². The minimum absolute atomic E-state index is 0.0187. The van der Waals surface area contributed by atoms with Gasteiger partial charge in [0, 0.05) is 6.04 Å². The third kappa shape index (κ3) is 5.53. The van der Waals surface area contributed by atoms with E-state index in [9.17, 15) is 18.8 Å². The number of carbonyl (C=O) groups is 3. The summed E-state index contributed by atoms with van der Waals surface area (Å²) in [5.41, 5.74) is -0.0712. The topological polar surface area (TPSA) is 91.7 Å². The van der Waals surface area contributed by atoms with E-state index in [2.05, 4.69) is 10.6 Å². The van der Waals surface area contributed by atoms with Crippen LogP contribution in [-0.4, -0.2) is 30.3 Å². The zero-order valence-corrected chi connectivity index (χ0v) is 19.4. The number of anilines is 1. The van der Waals surface area contributed by atoms with Crippen LogP contribution in [0.15, 0.2) is 64.6 Å². The highest BCUT2D eigenvalue weighted by molar-refractivity contribution is 7.12. The fourth-order valence-electron chi connectivity index (χ4n) is 4.15. The molecule has 0 radical (unpaired) electrons. The van der Waals surface area contributed by atoms with Crippen LogP contribution < -0.4 is 15.5 Å². The number of nitrogens with zero attached hydrogens (tertiary/aromatic N) is 1. The predicted molar refractivity (Wildman–Crippen MR) is 127 cm³/mol. The van der Waals surface area contributed by atoms with E-state index in [4.69, 9.17) is 4.42 Å². The molecule has 0 spiro atoms. The van der Waals surface area contributed by atoms with Crippen LogP contribution in [0.1, 0.15) is 53.6 Å². The van der Waals surface area contributed by atoms with Crippen molar-refractivity contribution in [2.75, 3.05) is 11.4 Å². The SMILES string of the molecule is O=C(NCC(=O)N(c1ccccc1F)[C@H](C(=O)NC1CCCCC1)c1ccco1)c1cccs1. The van der Waals surface area contributed by atoms with Gasteiger partial charge in [-0.25, -0.2) is 4.39 Å². The van der Waals surface area contributed by atoms with Gasteiger partial charge >= 0.3 is 0 Å². The van der Waals surface area contributed by atoms with E-state index >= 15 is 0 Å². The van der Waals surface area contributed by atoms with Gasteiger partial charge in [-0.05, 0) is 48.6 Å². The number of thiophene rings is 1. The normalized spacial score (nSPS) is 14.9. The molecule has 34 heavy (non-hydrogen) atoms. The first kappa shape index (κ1) is 23.7. The smallest absolute Gasteiger partial charge is 0.261 e. The lowest BCUT2D eigenvalue weighted by Crippen LogP contribution is -2.49. The van der Waals surface area contributed by atoms with Gasteiger partial charge in [-0.3, -0.25) is 19.3 Å². The molecule has 1 saturated carbocycles. The molecule has 0 aliphatic heterocycles. The van der Waals surface area contributed by atoms with Crippen molar-refractivity contribution >= 4 is 34.7 Å². The first-order valence-corrected chi connectivity index (χ1v) is 12.1. The van der Waals surface area contributed by atoms with Crippen LogP contribution in [0.4, 0.5) is 10.1 Å². The van der Waals surface area contributed by atoms with Gasteiger partial charge in [0.1, 0.15) is 11.6 Å². The van der Waals surface area contributed by atoms with Crippen LogP contribution in [0.2, 0.25) is 0 Å². The van der Waals surface area contributed by atoms with Gasteiger partial charge in [-0.15, -0.1) is 11.3 Å². The summed E-state index contributed by atoms with van der Waals surface area (Å²) >= 11 is 1.24. The van der Waals surface area contributed by atoms with Crippen LogP contribution in [0.3, 0.4) is 0 Å². The second-order valence-electron chi connectivity index (χ2n) is 8.14. The predicted octanol–water partition coefficient (Wildman–Crippen LogP) is 4.43. The lowest BCUT2D eigenvalue weighted by atomic mass is 9.95. The van der Waals surface area contributed by atoms with E-state index in [0.717, 1.165) is 37.0 Å². The van der Waals surface area contributed by atoms with Gasteiger partial charge in [0.15, 0.2) is 6.04 Å². The summed E-state index contributed by atoms with van der Waals surface area (Å²) < 4.78 is 20.4. The zero-order valence-electron chi connectivity index (χ0n) is 18.5.